The number of thioether (sulfide) groups is 1. The van der Waals surface area contributed by atoms with Crippen LogP contribution >= 0.6 is 27.7 Å². The van der Waals surface area contributed by atoms with E-state index >= 15 is 0 Å². The summed E-state index contributed by atoms with van der Waals surface area (Å²) in [6.45, 7) is 0. The van der Waals surface area contributed by atoms with Crippen molar-refractivity contribution in [1.82, 2.24) is 15.0 Å². The molecule has 4 rings (SSSR count). The van der Waals surface area contributed by atoms with Crippen LogP contribution in [0.5, 0.6) is 17.2 Å². The summed E-state index contributed by atoms with van der Waals surface area (Å²) in [4.78, 5) is 30.4. The van der Waals surface area contributed by atoms with Crippen molar-refractivity contribution in [1.29, 1.82) is 0 Å². The molecule has 9 nitrogen and oxygen atoms in total. The Balaban J connectivity index is 1.54. The fraction of sp³-hybridized carbons (Fsp3) is 0.120. The first-order valence-corrected chi connectivity index (χ1v) is 12.4. The zero-order chi connectivity index (χ0) is 25.7. The molecule has 1 heterocycles. The molecule has 2 N–H and O–H groups in total. The summed E-state index contributed by atoms with van der Waals surface area (Å²) in [5.41, 5.74) is 3.97. The number of para-hydroxylation sites is 1. The van der Waals surface area contributed by atoms with Crippen LogP contribution < -0.4 is 20.5 Å². The SMILES string of the molecule is COc1ccc(-n2c(SCC(=O)N/N=C/c3cc(Br)c(O)c(OC)c3)nc3ccccc3c2=O)cc1. The Morgan fingerprint density at radius 1 is 1.17 bits per heavy atom. The molecule has 1 amide bonds. The number of nitrogens with zero attached hydrogens (tertiary/aromatic N) is 3. The Morgan fingerprint density at radius 3 is 2.64 bits per heavy atom. The zero-order valence-corrected chi connectivity index (χ0v) is 21.7. The Hall–Kier alpha value is -3.83. The molecule has 1 aromatic heterocycles. The molecule has 0 aliphatic rings. The van der Waals surface area contributed by atoms with Crippen molar-refractivity contribution in [3.8, 4) is 22.9 Å². The second-order valence-electron chi connectivity index (χ2n) is 7.39. The van der Waals surface area contributed by atoms with Gasteiger partial charge in [-0.1, -0.05) is 23.9 Å². The lowest BCUT2D eigenvalue weighted by Gasteiger charge is -2.13. The molecule has 0 saturated carbocycles. The third-order valence-electron chi connectivity index (χ3n) is 5.08. The van der Waals surface area contributed by atoms with Gasteiger partial charge in [-0.25, -0.2) is 10.4 Å². The van der Waals surface area contributed by atoms with Crippen LogP contribution in [0.4, 0.5) is 0 Å². The standard InChI is InChI=1S/C25H21BrN4O5S/c1-34-17-9-7-16(8-10-17)30-24(33)18-5-3-4-6-20(18)28-25(30)36-14-22(31)29-27-13-15-11-19(26)23(32)21(12-15)35-2/h3-13,32H,14H2,1-2H3,(H,29,31)/b27-13+. The fourth-order valence-corrected chi connectivity index (χ4v) is 4.60. The largest absolute Gasteiger partial charge is 0.503 e. The number of hydrogen-bond donors (Lipinski definition) is 2. The van der Waals surface area contributed by atoms with Crippen LogP contribution in [0.1, 0.15) is 5.56 Å². The van der Waals surface area contributed by atoms with Crippen molar-refractivity contribution in [2.75, 3.05) is 20.0 Å². The molecule has 0 fully saturated rings. The van der Waals surface area contributed by atoms with Gasteiger partial charge in [-0.2, -0.15) is 5.10 Å². The summed E-state index contributed by atoms with van der Waals surface area (Å²) in [6, 6.07) is 17.3. The Labute approximate surface area is 218 Å². The topological polar surface area (TPSA) is 115 Å². The fourth-order valence-electron chi connectivity index (χ4n) is 3.33. The normalized spacial score (nSPS) is 11.1. The predicted molar refractivity (Wildman–Crippen MR) is 143 cm³/mol. The molecule has 4 aromatic rings. The van der Waals surface area contributed by atoms with E-state index in [2.05, 4.69) is 31.4 Å². The number of aromatic hydroxyl groups is 1. The van der Waals surface area contributed by atoms with Gasteiger partial charge in [-0.3, -0.25) is 14.2 Å². The molecule has 11 heteroatoms. The van der Waals surface area contributed by atoms with E-state index in [4.69, 9.17) is 9.47 Å². The minimum atomic E-state index is -0.384. The summed E-state index contributed by atoms with van der Waals surface area (Å²) < 4.78 is 12.2. The van der Waals surface area contributed by atoms with Crippen LogP contribution in [0.15, 0.2) is 80.2 Å². The summed E-state index contributed by atoms with van der Waals surface area (Å²) in [6.07, 6.45) is 1.43. The number of ether oxygens (including phenoxy) is 2. The molecule has 0 aliphatic carbocycles. The third-order valence-corrected chi connectivity index (χ3v) is 6.62. The highest BCUT2D eigenvalue weighted by atomic mass is 79.9. The molecular weight excluding hydrogens is 548 g/mol. The van der Waals surface area contributed by atoms with Crippen molar-refractivity contribution >= 4 is 50.7 Å². The number of fused-ring (bicyclic) bond motifs is 1. The Bertz CT molecular complexity index is 1510. The zero-order valence-electron chi connectivity index (χ0n) is 19.3. The average molecular weight is 569 g/mol. The van der Waals surface area contributed by atoms with Gasteiger partial charge in [-0.05, 0) is 70.0 Å². The number of nitrogens with one attached hydrogen (secondary N) is 1. The molecular formula is C25H21BrN4O5S. The maximum Gasteiger partial charge on any atom is 0.266 e. The van der Waals surface area contributed by atoms with E-state index < -0.39 is 0 Å². The van der Waals surface area contributed by atoms with Crippen LogP contribution in [0.3, 0.4) is 0 Å². The van der Waals surface area contributed by atoms with Gasteiger partial charge in [-0.15, -0.1) is 0 Å². The number of carbonyl (C=O) groups excluding carboxylic acids is 1. The smallest absolute Gasteiger partial charge is 0.266 e. The van der Waals surface area contributed by atoms with E-state index in [-0.39, 0.29) is 28.7 Å². The number of hydrogen-bond acceptors (Lipinski definition) is 8. The van der Waals surface area contributed by atoms with E-state index in [0.29, 0.717) is 37.5 Å². The number of aromatic nitrogens is 2. The molecule has 184 valence electrons. The van der Waals surface area contributed by atoms with E-state index in [1.165, 1.54) is 17.9 Å². The quantitative estimate of drug-likeness (QED) is 0.142. The van der Waals surface area contributed by atoms with E-state index in [9.17, 15) is 14.7 Å². The molecule has 3 aromatic carbocycles. The summed E-state index contributed by atoms with van der Waals surface area (Å²) in [5, 5.41) is 14.7. The molecule has 0 atom stereocenters. The van der Waals surface area contributed by atoms with Gasteiger partial charge >= 0.3 is 0 Å². The summed E-state index contributed by atoms with van der Waals surface area (Å²) >= 11 is 4.36. The molecule has 36 heavy (non-hydrogen) atoms. The summed E-state index contributed by atoms with van der Waals surface area (Å²) in [5.74, 6) is 0.489. The number of carbonyl (C=O) groups is 1. The van der Waals surface area contributed by atoms with Gasteiger partial charge in [0.15, 0.2) is 16.7 Å². The Kier molecular flexibility index (Phi) is 7.91. The highest BCUT2D eigenvalue weighted by Crippen LogP contribution is 2.34. The average Bonchev–Trinajstić information content (AvgIpc) is 2.89. The minimum Gasteiger partial charge on any atom is -0.503 e. The molecule has 0 bridgehead atoms. The lowest BCUT2D eigenvalue weighted by Crippen LogP contribution is -2.24. The first kappa shape index (κ1) is 25.3. The first-order valence-electron chi connectivity index (χ1n) is 10.6. The lowest BCUT2D eigenvalue weighted by atomic mass is 10.2. The minimum absolute atomic E-state index is 0.0269. The third kappa shape index (κ3) is 5.52. The molecule has 0 radical (unpaired) electrons. The van der Waals surface area contributed by atoms with Gasteiger partial charge in [0.25, 0.3) is 11.5 Å². The van der Waals surface area contributed by atoms with Gasteiger partial charge in [0.2, 0.25) is 0 Å². The number of hydrazone groups is 1. The number of benzene rings is 3. The van der Waals surface area contributed by atoms with Gasteiger partial charge in [0, 0.05) is 0 Å². The van der Waals surface area contributed by atoms with Crippen molar-refractivity contribution in [3.05, 3.63) is 81.1 Å². The molecule has 0 spiro atoms. The number of amides is 1. The number of phenols is 1. The highest BCUT2D eigenvalue weighted by molar-refractivity contribution is 9.10. The second-order valence-corrected chi connectivity index (χ2v) is 9.18. The van der Waals surface area contributed by atoms with E-state index in [1.54, 1.807) is 67.8 Å². The molecule has 0 unspecified atom stereocenters. The first-order chi connectivity index (χ1) is 17.4. The lowest BCUT2D eigenvalue weighted by molar-refractivity contribution is -0.118. The second kappa shape index (κ2) is 11.3. The number of rotatable bonds is 8. The monoisotopic (exact) mass is 568 g/mol. The molecule has 0 saturated heterocycles. The highest BCUT2D eigenvalue weighted by Gasteiger charge is 2.15. The van der Waals surface area contributed by atoms with Crippen molar-refractivity contribution in [2.24, 2.45) is 5.10 Å². The Morgan fingerprint density at radius 2 is 1.92 bits per heavy atom. The number of halogens is 1. The maximum atomic E-state index is 13.3. The van der Waals surface area contributed by atoms with Crippen LogP contribution in [0.25, 0.3) is 16.6 Å². The van der Waals surface area contributed by atoms with Crippen molar-refractivity contribution in [2.45, 2.75) is 5.16 Å². The van der Waals surface area contributed by atoms with E-state index in [0.717, 1.165) is 11.8 Å². The number of methoxy groups -OCH3 is 2. The van der Waals surface area contributed by atoms with Gasteiger partial charge in [0.1, 0.15) is 5.75 Å². The van der Waals surface area contributed by atoms with Crippen molar-refractivity contribution < 1.29 is 19.4 Å². The molecule has 0 aliphatic heterocycles. The maximum absolute atomic E-state index is 13.3. The van der Waals surface area contributed by atoms with Crippen LogP contribution in [-0.2, 0) is 4.79 Å². The van der Waals surface area contributed by atoms with Gasteiger partial charge < -0.3 is 14.6 Å². The number of phenolic OH excluding ortho intramolecular Hbond substituents is 1. The summed E-state index contributed by atoms with van der Waals surface area (Å²) in [7, 11) is 3.01. The van der Waals surface area contributed by atoms with Crippen LogP contribution in [0.2, 0.25) is 0 Å². The predicted octanol–water partition coefficient (Wildman–Crippen LogP) is 4.11. The van der Waals surface area contributed by atoms with Crippen molar-refractivity contribution in [3.63, 3.8) is 0 Å². The van der Waals surface area contributed by atoms with E-state index in [1.807, 2.05) is 0 Å². The van der Waals surface area contributed by atoms with Gasteiger partial charge in [0.05, 0.1) is 47.3 Å². The van der Waals surface area contributed by atoms with Crippen LogP contribution in [0, 0.1) is 0 Å². The van der Waals surface area contributed by atoms with Crippen LogP contribution in [-0.4, -0.2) is 46.8 Å².